The minimum atomic E-state index is 0.135. The van der Waals surface area contributed by atoms with Crippen molar-refractivity contribution in [3.63, 3.8) is 0 Å². The third kappa shape index (κ3) is 2.85. The Kier molecular flexibility index (Phi) is 3.20. The van der Waals surface area contributed by atoms with E-state index in [-0.39, 0.29) is 5.41 Å². The van der Waals surface area contributed by atoms with Gasteiger partial charge < -0.3 is 0 Å². The molecule has 0 heterocycles. The molecule has 0 bridgehead atoms. The predicted octanol–water partition coefficient (Wildman–Crippen LogP) is 2.34. The molecule has 0 aliphatic heterocycles. The SMILES string of the molecule is CN=C(CCl)C(C)(C)C. The highest BCUT2D eigenvalue weighted by molar-refractivity contribution is 6.29. The molecule has 0 radical (unpaired) electrons. The van der Waals surface area contributed by atoms with Crippen molar-refractivity contribution in [3.8, 4) is 0 Å². The van der Waals surface area contributed by atoms with Gasteiger partial charge in [-0.25, -0.2) is 0 Å². The molecular weight excluding hydrogens is 134 g/mol. The summed E-state index contributed by atoms with van der Waals surface area (Å²) < 4.78 is 0. The van der Waals surface area contributed by atoms with E-state index >= 15 is 0 Å². The maximum Gasteiger partial charge on any atom is 0.0608 e. The predicted molar refractivity (Wildman–Crippen MR) is 43.5 cm³/mol. The van der Waals surface area contributed by atoms with E-state index < -0.39 is 0 Å². The monoisotopic (exact) mass is 147 g/mol. The van der Waals surface area contributed by atoms with Gasteiger partial charge in [0.15, 0.2) is 0 Å². The summed E-state index contributed by atoms with van der Waals surface area (Å²) in [6.45, 7) is 6.33. The summed E-state index contributed by atoms with van der Waals surface area (Å²) in [6.07, 6.45) is 0. The van der Waals surface area contributed by atoms with Crippen molar-refractivity contribution < 1.29 is 0 Å². The van der Waals surface area contributed by atoms with Gasteiger partial charge >= 0.3 is 0 Å². The van der Waals surface area contributed by atoms with Crippen molar-refractivity contribution in [2.75, 3.05) is 12.9 Å². The molecule has 1 nitrogen and oxygen atoms in total. The van der Waals surface area contributed by atoms with E-state index in [4.69, 9.17) is 11.6 Å². The third-order valence-corrected chi connectivity index (χ3v) is 1.52. The Bertz CT molecular complexity index is 111. The molecule has 0 aromatic rings. The quantitative estimate of drug-likeness (QED) is 0.399. The van der Waals surface area contributed by atoms with Gasteiger partial charge in [-0.15, -0.1) is 11.6 Å². The van der Waals surface area contributed by atoms with Crippen molar-refractivity contribution in [3.05, 3.63) is 0 Å². The lowest BCUT2D eigenvalue weighted by Crippen LogP contribution is -2.21. The molecule has 0 N–H and O–H groups in total. The highest BCUT2D eigenvalue weighted by atomic mass is 35.5. The van der Waals surface area contributed by atoms with Gasteiger partial charge in [0.05, 0.1) is 5.88 Å². The first-order valence-corrected chi connectivity index (χ1v) is 3.58. The van der Waals surface area contributed by atoms with Crippen LogP contribution >= 0.6 is 11.6 Å². The fraction of sp³-hybridized carbons (Fsp3) is 0.857. The Morgan fingerprint density at radius 3 is 1.89 bits per heavy atom. The molecule has 2 heteroatoms. The van der Waals surface area contributed by atoms with E-state index in [1.165, 1.54) is 0 Å². The van der Waals surface area contributed by atoms with Gasteiger partial charge in [-0.2, -0.15) is 0 Å². The van der Waals surface area contributed by atoms with Crippen LogP contribution in [0.25, 0.3) is 0 Å². The molecule has 0 atom stereocenters. The Hall–Kier alpha value is -0.0400. The zero-order chi connectivity index (χ0) is 7.49. The van der Waals surface area contributed by atoms with Crippen LogP contribution in [0.1, 0.15) is 20.8 Å². The van der Waals surface area contributed by atoms with Crippen LogP contribution in [0.2, 0.25) is 0 Å². The molecule has 0 aliphatic rings. The van der Waals surface area contributed by atoms with Crippen LogP contribution in [-0.2, 0) is 0 Å². The standard InChI is InChI=1S/C7H14ClN/c1-7(2,3)6(5-8)9-4/h5H2,1-4H3. The van der Waals surface area contributed by atoms with Crippen LogP contribution in [-0.4, -0.2) is 18.6 Å². The van der Waals surface area contributed by atoms with Crippen molar-refractivity contribution in [2.45, 2.75) is 20.8 Å². The fourth-order valence-electron chi connectivity index (χ4n) is 0.596. The fourth-order valence-corrected chi connectivity index (χ4v) is 1.12. The van der Waals surface area contributed by atoms with E-state index in [0.717, 1.165) is 5.71 Å². The summed E-state index contributed by atoms with van der Waals surface area (Å²) in [7, 11) is 1.78. The van der Waals surface area contributed by atoms with Gasteiger partial charge in [-0.1, -0.05) is 20.8 Å². The van der Waals surface area contributed by atoms with Crippen LogP contribution < -0.4 is 0 Å². The maximum atomic E-state index is 5.62. The first kappa shape index (κ1) is 8.96. The molecule has 0 rings (SSSR count). The zero-order valence-corrected chi connectivity index (χ0v) is 7.29. The summed E-state index contributed by atoms with van der Waals surface area (Å²) >= 11 is 5.62. The van der Waals surface area contributed by atoms with E-state index in [9.17, 15) is 0 Å². The minimum Gasteiger partial charge on any atom is -0.296 e. The van der Waals surface area contributed by atoms with Crippen molar-refractivity contribution >= 4 is 17.3 Å². The molecule has 0 spiro atoms. The number of rotatable bonds is 1. The summed E-state index contributed by atoms with van der Waals surface area (Å²) in [4.78, 5) is 4.06. The number of hydrogen-bond donors (Lipinski definition) is 0. The van der Waals surface area contributed by atoms with Crippen molar-refractivity contribution in [2.24, 2.45) is 10.4 Å². The number of nitrogens with zero attached hydrogens (tertiary/aromatic N) is 1. The summed E-state index contributed by atoms with van der Waals surface area (Å²) in [5, 5.41) is 0. The maximum absolute atomic E-state index is 5.62. The lowest BCUT2D eigenvalue weighted by Gasteiger charge is -2.18. The average molecular weight is 148 g/mol. The van der Waals surface area contributed by atoms with E-state index in [1.807, 2.05) is 0 Å². The first-order chi connectivity index (χ1) is 4.02. The molecule has 0 unspecified atom stereocenters. The highest BCUT2D eigenvalue weighted by Gasteiger charge is 2.16. The minimum absolute atomic E-state index is 0.135. The van der Waals surface area contributed by atoms with Crippen molar-refractivity contribution in [1.29, 1.82) is 0 Å². The van der Waals surface area contributed by atoms with Gasteiger partial charge in [0.2, 0.25) is 0 Å². The second kappa shape index (κ2) is 3.21. The van der Waals surface area contributed by atoms with Crippen molar-refractivity contribution in [1.82, 2.24) is 0 Å². The van der Waals surface area contributed by atoms with Crippen LogP contribution in [0.5, 0.6) is 0 Å². The molecular formula is C7H14ClN. The zero-order valence-electron chi connectivity index (χ0n) is 6.53. The van der Waals surface area contributed by atoms with E-state index in [0.29, 0.717) is 5.88 Å². The number of alkyl halides is 1. The molecule has 0 aromatic carbocycles. The van der Waals surface area contributed by atoms with Crippen LogP contribution in [0, 0.1) is 5.41 Å². The van der Waals surface area contributed by atoms with Crippen LogP contribution in [0.3, 0.4) is 0 Å². The highest BCUT2D eigenvalue weighted by Crippen LogP contribution is 2.16. The molecule has 9 heavy (non-hydrogen) atoms. The Morgan fingerprint density at radius 1 is 1.44 bits per heavy atom. The lowest BCUT2D eigenvalue weighted by atomic mass is 9.91. The molecule has 0 fully saturated rings. The van der Waals surface area contributed by atoms with Crippen LogP contribution in [0.4, 0.5) is 0 Å². The normalized spacial score (nSPS) is 14.1. The number of hydrogen-bond acceptors (Lipinski definition) is 1. The Balaban J connectivity index is 4.14. The summed E-state index contributed by atoms with van der Waals surface area (Å²) in [5.74, 6) is 0.542. The summed E-state index contributed by atoms with van der Waals surface area (Å²) in [5.41, 5.74) is 1.19. The third-order valence-electron chi connectivity index (χ3n) is 1.26. The first-order valence-electron chi connectivity index (χ1n) is 3.04. The molecule has 0 aliphatic carbocycles. The van der Waals surface area contributed by atoms with E-state index in [1.54, 1.807) is 7.05 Å². The van der Waals surface area contributed by atoms with Gasteiger partial charge in [0.1, 0.15) is 0 Å². The molecule has 0 amide bonds. The Morgan fingerprint density at radius 2 is 1.89 bits per heavy atom. The number of aliphatic imine (C=N–C) groups is 1. The topological polar surface area (TPSA) is 12.4 Å². The number of halogens is 1. The van der Waals surface area contributed by atoms with E-state index in [2.05, 4.69) is 25.8 Å². The largest absolute Gasteiger partial charge is 0.296 e. The second-order valence-corrected chi connectivity index (χ2v) is 3.32. The van der Waals surface area contributed by atoms with Gasteiger partial charge in [-0.3, -0.25) is 4.99 Å². The smallest absolute Gasteiger partial charge is 0.0608 e. The second-order valence-electron chi connectivity index (χ2n) is 3.05. The van der Waals surface area contributed by atoms with Crippen LogP contribution in [0.15, 0.2) is 4.99 Å². The lowest BCUT2D eigenvalue weighted by molar-refractivity contribution is 0.588. The molecule has 54 valence electrons. The van der Waals surface area contributed by atoms with Gasteiger partial charge in [-0.05, 0) is 0 Å². The summed E-state index contributed by atoms with van der Waals surface area (Å²) in [6, 6.07) is 0. The van der Waals surface area contributed by atoms with Gasteiger partial charge in [0.25, 0.3) is 0 Å². The molecule has 0 aromatic heterocycles. The Labute approximate surface area is 62.1 Å². The average Bonchev–Trinajstić information content (AvgIpc) is 1.65. The molecule has 0 saturated carbocycles. The molecule has 0 saturated heterocycles. The van der Waals surface area contributed by atoms with Gasteiger partial charge in [0, 0.05) is 18.2 Å².